The highest BCUT2D eigenvalue weighted by Crippen LogP contribution is 2.50. The normalized spacial score (nSPS) is 23.2. The van der Waals surface area contributed by atoms with E-state index in [-0.39, 0.29) is 36.7 Å². The number of hydrogen-bond acceptors (Lipinski definition) is 3. The topological polar surface area (TPSA) is 53.1 Å². The Labute approximate surface area is 240 Å². The van der Waals surface area contributed by atoms with E-state index >= 15 is 0 Å². The molecule has 6 nitrogen and oxygen atoms in total. The third-order valence-electron chi connectivity index (χ3n) is 9.17. The lowest BCUT2D eigenvalue weighted by atomic mass is 9.76. The van der Waals surface area contributed by atoms with Crippen LogP contribution in [0.2, 0.25) is 0 Å². The molecular formula is C30H33F6N3O3. The summed E-state index contributed by atoms with van der Waals surface area (Å²) in [4.78, 5) is 32.4. The molecule has 3 saturated heterocycles. The van der Waals surface area contributed by atoms with E-state index in [1.165, 1.54) is 18.9 Å². The molecule has 0 N–H and O–H groups in total. The fraction of sp³-hybridized carbons (Fsp3) is 0.533. The van der Waals surface area contributed by atoms with Crippen LogP contribution in [-0.2, 0) is 21.9 Å². The van der Waals surface area contributed by atoms with Crippen LogP contribution in [0.3, 0.4) is 0 Å². The van der Waals surface area contributed by atoms with Gasteiger partial charge >= 0.3 is 18.4 Å². The fourth-order valence-electron chi connectivity index (χ4n) is 6.67. The highest BCUT2D eigenvalue weighted by atomic mass is 19.4. The maximum atomic E-state index is 14.1. The molecule has 0 saturated carbocycles. The summed E-state index contributed by atoms with van der Waals surface area (Å²) < 4.78 is 86.8. The zero-order valence-electron chi connectivity index (χ0n) is 23.6. The molecule has 3 amide bonds. The number of amides is 3. The third-order valence-corrected chi connectivity index (χ3v) is 9.17. The number of rotatable bonds is 3. The van der Waals surface area contributed by atoms with Crippen molar-refractivity contribution in [2.75, 3.05) is 33.4 Å². The SMILES string of the molecule is Cc1ccccc1[C@H]1[C@@H]2CC3(CCOCC3)C(=O)N2CCN1C(=O)N(C)[C@H](C)c1cc(C(F)(F)F)cc(C(F)(F)F)c1. The molecule has 1 spiro atoms. The number of carbonyl (C=O) groups excluding carboxylic acids is 2. The van der Waals surface area contributed by atoms with Crippen molar-refractivity contribution in [3.8, 4) is 0 Å². The molecule has 0 unspecified atom stereocenters. The Hall–Kier alpha value is -3.28. The summed E-state index contributed by atoms with van der Waals surface area (Å²) in [6.45, 7) is 4.71. The third kappa shape index (κ3) is 5.33. The van der Waals surface area contributed by atoms with Crippen LogP contribution < -0.4 is 0 Å². The largest absolute Gasteiger partial charge is 0.416 e. The number of nitrogens with zero attached hydrogens (tertiary/aromatic N) is 3. The number of alkyl halides is 6. The van der Waals surface area contributed by atoms with E-state index in [4.69, 9.17) is 4.74 Å². The maximum Gasteiger partial charge on any atom is 0.416 e. The number of benzene rings is 2. The van der Waals surface area contributed by atoms with E-state index in [2.05, 4.69) is 0 Å². The van der Waals surface area contributed by atoms with E-state index in [1.54, 1.807) is 4.90 Å². The molecule has 0 bridgehead atoms. The van der Waals surface area contributed by atoms with Gasteiger partial charge in [0.25, 0.3) is 0 Å². The minimum Gasteiger partial charge on any atom is -0.381 e. The second-order valence-electron chi connectivity index (χ2n) is 11.6. The quantitative estimate of drug-likeness (QED) is 0.375. The molecule has 0 radical (unpaired) electrons. The Bertz CT molecular complexity index is 1320. The minimum atomic E-state index is -5.00. The lowest BCUT2D eigenvalue weighted by molar-refractivity contribution is -0.144. The van der Waals surface area contributed by atoms with Crippen LogP contribution >= 0.6 is 0 Å². The monoisotopic (exact) mass is 597 g/mol. The molecule has 42 heavy (non-hydrogen) atoms. The van der Waals surface area contributed by atoms with E-state index in [0.29, 0.717) is 44.6 Å². The van der Waals surface area contributed by atoms with Crippen LogP contribution in [0, 0.1) is 12.3 Å². The average molecular weight is 598 g/mol. The van der Waals surface area contributed by atoms with Crippen molar-refractivity contribution in [1.82, 2.24) is 14.7 Å². The van der Waals surface area contributed by atoms with Crippen LogP contribution in [0.4, 0.5) is 31.1 Å². The number of piperazine rings is 1. The van der Waals surface area contributed by atoms with Gasteiger partial charge in [0.1, 0.15) is 0 Å². The zero-order valence-corrected chi connectivity index (χ0v) is 23.6. The van der Waals surface area contributed by atoms with Crippen LogP contribution in [-0.4, -0.2) is 66.0 Å². The van der Waals surface area contributed by atoms with Gasteiger partial charge in [-0.2, -0.15) is 26.3 Å². The maximum absolute atomic E-state index is 14.1. The number of carbonyl (C=O) groups is 2. The Kier molecular flexibility index (Phi) is 7.74. The van der Waals surface area contributed by atoms with Crippen molar-refractivity contribution in [3.63, 3.8) is 0 Å². The number of aryl methyl sites for hydroxylation is 1. The second-order valence-corrected chi connectivity index (χ2v) is 11.6. The summed E-state index contributed by atoms with van der Waals surface area (Å²) in [5.41, 5.74) is -1.97. The van der Waals surface area contributed by atoms with Crippen molar-refractivity contribution in [3.05, 3.63) is 70.3 Å². The fourth-order valence-corrected chi connectivity index (χ4v) is 6.67. The summed E-state index contributed by atoms with van der Waals surface area (Å²) in [5, 5.41) is 0. The number of fused-ring (bicyclic) bond motifs is 1. The van der Waals surface area contributed by atoms with Gasteiger partial charge in [-0.1, -0.05) is 24.3 Å². The van der Waals surface area contributed by atoms with E-state index < -0.39 is 47.0 Å². The molecule has 12 heteroatoms. The summed E-state index contributed by atoms with van der Waals surface area (Å²) in [5.74, 6) is 0.0480. The molecule has 3 aliphatic rings. The molecule has 2 aromatic rings. The smallest absolute Gasteiger partial charge is 0.381 e. The van der Waals surface area contributed by atoms with Crippen LogP contribution in [0.15, 0.2) is 42.5 Å². The van der Waals surface area contributed by atoms with Gasteiger partial charge in [-0.25, -0.2) is 4.79 Å². The number of hydrogen-bond donors (Lipinski definition) is 0. The van der Waals surface area contributed by atoms with Gasteiger partial charge in [-0.05, 0) is 68.0 Å². The van der Waals surface area contributed by atoms with Crippen molar-refractivity contribution < 1.29 is 40.7 Å². The molecule has 0 aliphatic carbocycles. The van der Waals surface area contributed by atoms with Gasteiger partial charge in [0.15, 0.2) is 0 Å². The average Bonchev–Trinajstić information content (AvgIpc) is 3.21. The molecule has 3 atom stereocenters. The van der Waals surface area contributed by atoms with Gasteiger partial charge in [0.05, 0.1) is 34.7 Å². The van der Waals surface area contributed by atoms with Crippen molar-refractivity contribution >= 4 is 11.9 Å². The number of halogens is 6. The van der Waals surface area contributed by atoms with Crippen LogP contribution in [0.25, 0.3) is 0 Å². The van der Waals surface area contributed by atoms with Gasteiger partial charge in [-0.3, -0.25) is 4.79 Å². The van der Waals surface area contributed by atoms with Gasteiger partial charge in [0.2, 0.25) is 5.91 Å². The molecule has 5 rings (SSSR count). The first kappa shape index (κ1) is 30.2. The summed E-state index contributed by atoms with van der Waals surface area (Å²) in [7, 11) is 1.38. The lowest BCUT2D eigenvalue weighted by Crippen LogP contribution is -2.57. The Morgan fingerprint density at radius 2 is 1.60 bits per heavy atom. The Morgan fingerprint density at radius 1 is 1.00 bits per heavy atom. The Morgan fingerprint density at radius 3 is 2.17 bits per heavy atom. The van der Waals surface area contributed by atoms with E-state index in [0.717, 1.165) is 11.1 Å². The summed E-state index contributed by atoms with van der Waals surface area (Å²) in [6.07, 6.45) is -8.30. The summed E-state index contributed by atoms with van der Waals surface area (Å²) in [6, 6.07) is 6.39. The second kappa shape index (κ2) is 10.8. The van der Waals surface area contributed by atoms with Crippen molar-refractivity contribution in [2.45, 2.75) is 63.6 Å². The molecular weight excluding hydrogens is 564 g/mol. The predicted octanol–water partition coefficient (Wildman–Crippen LogP) is 6.60. The first-order valence-corrected chi connectivity index (χ1v) is 13.9. The van der Waals surface area contributed by atoms with E-state index in [1.807, 2.05) is 36.1 Å². The van der Waals surface area contributed by atoms with Crippen molar-refractivity contribution in [1.29, 1.82) is 0 Å². The molecule has 0 aromatic heterocycles. The van der Waals surface area contributed by atoms with Gasteiger partial charge in [-0.15, -0.1) is 0 Å². The zero-order chi connectivity index (χ0) is 30.6. The standard InChI is InChI=1S/C30H33F6N3O3/c1-18-6-4-5-7-23(18)25-24-17-28(8-12-42-13-9-28)26(40)38(24)10-11-39(25)27(41)37(3)19(2)20-14-21(29(31,32)33)16-22(15-20)30(34,35)36/h4-7,14-16,19,24-25H,8-13,17H2,1-3H3/t19-,24+,25+/m1/s1. The number of ether oxygens (including phenoxy) is 1. The van der Waals surface area contributed by atoms with Gasteiger partial charge in [0, 0.05) is 33.4 Å². The van der Waals surface area contributed by atoms with Crippen molar-refractivity contribution in [2.24, 2.45) is 5.41 Å². The van der Waals surface area contributed by atoms with Crippen LogP contribution in [0.1, 0.15) is 66.1 Å². The first-order valence-electron chi connectivity index (χ1n) is 13.9. The Balaban J connectivity index is 1.50. The summed E-state index contributed by atoms with van der Waals surface area (Å²) >= 11 is 0. The number of urea groups is 1. The highest BCUT2D eigenvalue weighted by molar-refractivity contribution is 5.86. The molecule has 2 aromatic carbocycles. The molecule has 3 aliphatic heterocycles. The van der Waals surface area contributed by atoms with Crippen LogP contribution in [0.5, 0.6) is 0 Å². The molecule has 228 valence electrons. The molecule has 3 heterocycles. The van der Waals surface area contributed by atoms with E-state index in [9.17, 15) is 35.9 Å². The van der Waals surface area contributed by atoms with Gasteiger partial charge < -0.3 is 19.4 Å². The lowest BCUT2D eigenvalue weighted by Gasteiger charge is -2.47. The predicted molar refractivity (Wildman–Crippen MR) is 141 cm³/mol. The minimum absolute atomic E-state index is 0.0480. The first-order chi connectivity index (χ1) is 19.6. The highest BCUT2D eigenvalue weighted by Gasteiger charge is 2.57. The molecule has 3 fully saturated rings.